The van der Waals surface area contributed by atoms with Crippen molar-refractivity contribution in [3.8, 4) is 0 Å². The SMILES string of the molecule is CC(=O)C1(OC(=O)CN=C(N)N)CCC2C3CCC4=CC(=O)CCC4(C)C3CCC21C. The molecule has 4 N–H and O–H groups in total. The summed E-state index contributed by atoms with van der Waals surface area (Å²) in [5.74, 6) is 0.762. The number of esters is 1. The normalized spacial score (nSPS) is 41.3. The Labute approximate surface area is 184 Å². The molecule has 0 amide bonds. The number of nitrogens with two attached hydrogens (primary N) is 2. The Morgan fingerprint density at radius 2 is 1.81 bits per heavy atom. The summed E-state index contributed by atoms with van der Waals surface area (Å²) in [6.45, 7) is 5.76. The van der Waals surface area contributed by atoms with E-state index >= 15 is 0 Å². The summed E-state index contributed by atoms with van der Waals surface area (Å²) in [6, 6.07) is 0. The van der Waals surface area contributed by atoms with Crippen LogP contribution in [0.2, 0.25) is 0 Å². The second kappa shape index (κ2) is 7.45. The third kappa shape index (κ3) is 3.23. The van der Waals surface area contributed by atoms with Crippen molar-refractivity contribution in [1.29, 1.82) is 0 Å². The molecular formula is C24H35N3O4. The van der Waals surface area contributed by atoms with E-state index in [4.69, 9.17) is 16.2 Å². The largest absolute Gasteiger partial charge is 0.449 e. The van der Waals surface area contributed by atoms with Gasteiger partial charge in [0.1, 0.15) is 6.54 Å². The van der Waals surface area contributed by atoms with Gasteiger partial charge in [0.25, 0.3) is 0 Å². The first-order chi connectivity index (χ1) is 14.5. The Hall–Kier alpha value is -2.18. The number of fused-ring (bicyclic) bond motifs is 5. The summed E-state index contributed by atoms with van der Waals surface area (Å²) in [5.41, 5.74) is 10.6. The summed E-state index contributed by atoms with van der Waals surface area (Å²) in [4.78, 5) is 41.3. The standard InChI is InChI=1S/C24H35N3O4/c1-14(28)24(31-20(30)13-27-21(25)26)11-8-19-17-5-4-15-12-16(29)6-9-22(15,2)18(17)7-10-23(19,24)3/h12,17-19H,4-11,13H2,1-3H3,(H4,25,26,27). The van der Waals surface area contributed by atoms with E-state index in [9.17, 15) is 14.4 Å². The third-order valence-electron chi connectivity index (χ3n) is 9.33. The number of guanidine groups is 1. The highest BCUT2D eigenvalue weighted by molar-refractivity contribution is 5.92. The Kier molecular flexibility index (Phi) is 5.30. The summed E-state index contributed by atoms with van der Waals surface area (Å²) >= 11 is 0. The maximum Gasteiger partial charge on any atom is 0.328 e. The van der Waals surface area contributed by atoms with Crippen molar-refractivity contribution in [2.75, 3.05) is 6.54 Å². The van der Waals surface area contributed by atoms with Crippen LogP contribution in [0.1, 0.15) is 72.1 Å². The molecule has 7 heteroatoms. The van der Waals surface area contributed by atoms with Gasteiger partial charge >= 0.3 is 5.97 Å². The number of ether oxygens (including phenoxy) is 1. The molecule has 0 bridgehead atoms. The Morgan fingerprint density at radius 1 is 1.10 bits per heavy atom. The van der Waals surface area contributed by atoms with Gasteiger partial charge in [-0.2, -0.15) is 0 Å². The number of allylic oxidation sites excluding steroid dienone is 1. The fourth-order valence-electron chi connectivity index (χ4n) is 7.76. The summed E-state index contributed by atoms with van der Waals surface area (Å²) in [6.07, 6.45) is 8.71. The minimum absolute atomic E-state index is 0.0731. The average molecular weight is 430 g/mol. The van der Waals surface area contributed by atoms with E-state index in [0.717, 1.165) is 38.5 Å². The predicted molar refractivity (Wildman–Crippen MR) is 117 cm³/mol. The molecule has 0 aromatic heterocycles. The number of carbonyl (C=O) groups excluding carboxylic acids is 3. The van der Waals surface area contributed by atoms with Crippen LogP contribution in [0.4, 0.5) is 0 Å². The summed E-state index contributed by atoms with van der Waals surface area (Å²) in [5, 5.41) is 0. The lowest BCUT2D eigenvalue weighted by Crippen LogP contribution is -2.58. The predicted octanol–water partition coefficient (Wildman–Crippen LogP) is 2.66. The van der Waals surface area contributed by atoms with Gasteiger partial charge in [0.05, 0.1) is 0 Å². The van der Waals surface area contributed by atoms with Crippen molar-refractivity contribution in [3.63, 3.8) is 0 Å². The number of nitrogens with zero attached hydrogens (tertiary/aromatic N) is 1. The number of rotatable bonds is 4. The van der Waals surface area contributed by atoms with E-state index < -0.39 is 17.0 Å². The molecule has 0 aromatic carbocycles. The summed E-state index contributed by atoms with van der Waals surface area (Å²) < 4.78 is 5.95. The average Bonchev–Trinajstić information content (AvgIpc) is 3.00. The zero-order chi connectivity index (χ0) is 22.6. The molecule has 4 aliphatic carbocycles. The van der Waals surface area contributed by atoms with Gasteiger partial charge in [0.15, 0.2) is 23.1 Å². The molecule has 0 radical (unpaired) electrons. The van der Waals surface area contributed by atoms with Gasteiger partial charge < -0.3 is 16.2 Å². The second-order valence-corrected chi connectivity index (χ2v) is 10.6. The fourth-order valence-corrected chi connectivity index (χ4v) is 7.76. The van der Waals surface area contributed by atoms with Gasteiger partial charge in [-0.25, -0.2) is 4.99 Å². The molecule has 0 spiro atoms. The van der Waals surface area contributed by atoms with Crippen LogP contribution in [0.25, 0.3) is 0 Å². The Balaban J connectivity index is 1.63. The van der Waals surface area contributed by atoms with Crippen LogP contribution < -0.4 is 11.5 Å². The minimum Gasteiger partial charge on any atom is -0.449 e. The van der Waals surface area contributed by atoms with E-state index in [1.165, 1.54) is 5.57 Å². The molecule has 170 valence electrons. The monoisotopic (exact) mass is 429 g/mol. The first-order valence-electron chi connectivity index (χ1n) is 11.6. The maximum atomic E-state index is 13.0. The maximum absolute atomic E-state index is 13.0. The molecule has 31 heavy (non-hydrogen) atoms. The van der Waals surface area contributed by atoms with Crippen LogP contribution in [0.5, 0.6) is 0 Å². The first kappa shape index (κ1) is 22.0. The highest BCUT2D eigenvalue weighted by Gasteiger charge is 2.67. The van der Waals surface area contributed by atoms with Crippen molar-refractivity contribution < 1.29 is 19.1 Å². The lowest BCUT2D eigenvalue weighted by atomic mass is 9.46. The number of ketones is 2. The molecule has 7 nitrogen and oxygen atoms in total. The highest BCUT2D eigenvalue weighted by atomic mass is 16.6. The summed E-state index contributed by atoms with van der Waals surface area (Å²) in [7, 11) is 0. The number of hydrogen-bond donors (Lipinski definition) is 2. The third-order valence-corrected chi connectivity index (χ3v) is 9.33. The lowest BCUT2D eigenvalue weighted by molar-refractivity contribution is -0.187. The van der Waals surface area contributed by atoms with E-state index in [0.29, 0.717) is 30.6 Å². The first-order valence-corrected chi connectivity index (χ1v) is 11.6. The zero-order valence-corrected chi connectivity index (χ0v) is 18.9. The molecule has 0 heterocycles. The van der Waals surface area contributed by atoms with E-state index in [2.05, 4.69) is 18.8 Å². The Morgan fingerprint density at radius 3 is 2.48 bits per heavy atom. The van der Waals surface area contributed by atoms with Crippen molar-refractivity contribution in [2.45, 2.75) is 77.7 Å². The van der Waals surface area contributed by atoms with Crippen molar-refractivity contribution in [1.82, 2.24) is 0 Å². The van der Waals surface area contributed by atoms with Crippen molar-refractivity contribution in [3.05, 3.63) is 11.6 Å². The molecule has 3 saturated carbocycles. The van der Waals surface area contributed by atoms with Crippen LogP contribution in [0.15, 0.2) is 16.6 Å². The molecule has 0 saturated heterocycles. The van der Waals surface area contributed by atoms with E-state index in [-0.39, 0.29) is 29.5 Å². The number of hydrogen-bond acceptors (Lipinski definition) is 5. The lowest BCUT2D eigenvalue weighted by Gasteiger charge is -2.59. The fraction of sp³-hybridized carbons (Fsp3) is 0.750. The van der Waals surface area contributed by atoms with Gasteiger partial charge in [-0.05, 0) is 81.1 Å². The van der Waals surface area contributed by atoms with Crippen LogP contribution in [-0.4, -0.2) is 35.6 Å². The van der Waals surface area contributed by atoms with Crippen molar-refractivity contribution in [2.24, 2.45) is 45.0 Å². The molecule has 4 rings (SSSR count). The van der Waals surface area contributed by atoms with Gasteiger partial charge in [-0.3, -0.25) is 14.4 Å². The van der Waals surface area contributed by atoms with Crippen LogP contribution >= 0.6 is 0 Å². The molecule has 3 fully saturated rings. The quantitative estimate of drug-likeness (QED) is 0.402. The van der Waals surface area contributed by atoms with E-state index in [1.54, 1.807) is 6.92 Å². The highest BCUT2D eigenvalue weighted by Crippen LogP contribution is 2.68. The van der Waals surface area contributed by atoms with Gasteiger partial charge in [-0.15, -0.1) is 0 Å². The van der Waals surface area contributed by atoms with Crippen molar-refractivity contribution >= 4 is 23.5 Å². The molecule has 0 aromatic rings. The smallest absolute Gasteiger partial charge is 0.328 e. The molecule has 4 aliphatic rings. The van der Waals surface area contributed by atoms with Crippen LogP contribution in [-0.2, 0) is 19.1 Å². The van der Waals surface area contributed by atoms with Gasteiger partial charge in [-0.1, -0.05) is 19.4 Å². The van der Waals surface area contributed by atoms with Crippen LogP contribution in [0.3, 0.4) is 0 Å². The molecule has 0 aliphatic heterocycles. The number of aliphatic imine (C=N–C) groups is 1. The number of Topliss-reactive ketones (excluding diaryl/α,β-unsaturated/α-hetero) is 1. The zero-order valence-electron chi connectivity index (χ0n) is 18.9. The molecule has 6 atom stereocenters. The number of carbonyl (C=O) groups is 3. The van der Waals surface area contributed by atoms with Gasteiger partial charge in [0.2, 0.25) is 0 Å². The van der Waals surface area contributed by atoms with E-state index in [1.807, 2.05) is 6.08 Å². The molecule has 6 unspecified atom stereocenters. The minimum atomic E-state index is -1.11. The molecular weight excluding hydrogens is 394 g/mol. The van der Waals surface area contributed by atoms with Gasteiger partial charge in [0, 0.05) is 11.8 Å². The Bertz CT molecular complexity index is 876. The topological polar surface area (TPSA) is 125 Å². The van der Waals surface area contributed by atoms with Crippen LogP contribution in [0, 0.1) is 28.6 Å². The second-order valence-electron chi connectivity index (χ2n) is 10.6.